The van der Waals surface area contributed by atoms with Gasteiger partial charge in [0.25, 0.3) is 0 Å². The predicted molar refractivity (Wildman–Crippen MR) is 136 cm³/mol. The van der Waals surface area contributed by atoms with Crippen LogP contribution >= 0.6 is 56.7 Å². The molecule has 0 saturated heterocycles. The predicted octanol–water partition coefficient (Wildman–Crippen LogP) is 9.17. The lowest BCUT2D eigenvalue weighted by molar-refractivity contribution is 1.80. The molecule has 0 fully saturated rings. The van der Waals surface area contributed by atoms with Gasteiger partial charge in [0.1, 0.15) is 0 Å². The van der Waals surface area contributed by atoms with Crippen LogP contribution in [0, 0.1) is 0 Å². The lowest BCUT2D eigenvalue weighted by atomic mass is 10.1. The molecule has 0 aliphatic rings. The Morgan fingerprint density at radius 2 is 0.828 bits per heavy atom. The summed E-state index contributed by atoms with van der Waals surface area (Å²) in [6.45, 7) is 0. The van der Waals surface area contributed by atoms with Crippen LogP contribution < -0.4 is 0 Å². The van der Waals surface area contributed by atoms with Gasteiger partial charge in [-0.3, -0.25) is 0 Å². The molecule has 0 amide bonds. The van der Waals surface area contributed by atoms with Gasteiger partial charge in [0.05, 0.1) is 0 Å². The Hall–Kier alpha value is -2.02. The second-order valence-corrected chi connectivity index (χ2v) is 11.2. The smallest absolute Gasteiger partial charge is 0.0357 e. The summed E-state index contributed by atoms with van der Waals surface area (Å²) in [5.41, 5.74) is 2.62. The molecular weight excluding hydrogens is 449 g/mol. The van der Waals surface area contributed by atoms with Crippen molar-refractivity contribution >= 4 is 80.0 Å². The maximum Gasteiger partial charge on any atom is 0.0357 e. The Labute approximate surface area is 190 Å². The van der Waals surface area contributed by atoms with Crippen molar-refractivity contribution in [2.45, 2.75) is 0 Å². The molecule has 0 unspecified atom stereocenters. The number of hydrogen-bond donors (Lipinski definition) is 0. The van der Waals surface area contributed by atoms with Crippen LogP contribution in [0.15, 0.2) is 82.2 Å². The first-order valence-electron chi connectivity index (χ1n) is 9.05. The molecule has 5 rings (SSSR count). The average Bonchev–Trinajstić information content (AvgIpc) is 3.57. The van der Waals surface area contributed by atoms with Crippen LogP contribution in [0.2, 0.25) is 0 Å². The maximum absolute atomic E-state index is 2.33. The molecular formula is C24H16S5. The Kier molecular flexibility index (Phi) is 5.74. The van der Waals surface area contributed by atoms with Crippen LogP contribution in [0.5, 0.6) is 0 Å². The zero-order valence-electron chi connectivity index (χ0n) is 15.3. The maximum atomic E-state index is 2.33. The Morgan fingerprint density at radius 3 is 1.10 bits per heavy atom. The van der Waals surface area contributed by atoms with E-state index in [1.807, 2.05) is 11.3 Å². The molecule has 142 valence electrons. The standard InChI is InChI=1S/C24H16S5/c1-5-21(25-11-1)19(22-6-2-12-26-22)15-17-9-10-18(29-17)16-20(23-7-3-13-27-23)24-8-4-14-28-24/h1-16H. The molecule has 5 heteroatoms. The molecule has 0 aliphatic heterocycles. The number of thiophene rings is 5. The summed E-state index contributed by atoms with van der Waals surface area (Å²) in [5, 5.41) is 8.59. The van der Waals surface area contributed by atoms with Gasteiger partial charge >= 0.3 is 0 Å². The molecule has 0 spiro atoms. The molecule has 0 nitrogen and oxygen atoms in total. The summed E-state index contributed by atoms with van der Waals surface area (Å²) in [5.74, 6) is 0. The topological polar surface area (TPSA) is 0 Å². The van der Waals surface area contributed by atoms with Crippen LogP contribution in [0.25, 0.3) is 23.3 Å². The summed E-state index contributed by atoms with van der Waals surface area (Å²) < 4.78 is 0. The molecule has 0 radical (unpaired) electrons. The van der Waals surface area contributed by atoms with E-state index in [1.165, 1.54) is 40.4 Å². The lowest BCUT2D eigenvalue weighted by Gasteiger charge is -2.02. The highest BCUT2D eigenvalue weighted by Crippen LogP contribution is 2.36. The van der Waals surface area contributed by atoms with Gasteiger partial charge in [-0.1, -0.05) is 24.3 Å². The van der Waals surface area contributed by atoms with E-state index in [0.717, 1.165) is 0 Å². The number of hydrogen-bond acceptors (Lipinski definition) is 5. The summed E-state index contributed by atoms with van der Waals surface area (Å²) in [6.07, 6.45) is 4.66. The first kappa shape index (κ1) is 19.0. The summed E-state index contributed by atoms with van der Waals surface area (Å²) >= 11 is 9.03. The van der Waals surface area contributed by atoms with Crippen molar-refractivity contribution in [2.24, 2.45) is 0 Å². The van der Waals surface area contributed by atoms with Crippen LogP contribution in [0.4, 0.5) is 0 Å². The van der Waals surface area contributed by atoms with E-state index in [9.17, 15) is 0 Å². The Morgan fingerprint density at radius 1 is 0.483 bits per heavy atom. The molecule has 0 N–H and O–H groups in total. The highest BCUT2D eigenvalue weighted by molar-refractivity contribution is 7.16. The van der Waals surface area contributed by atoms with Crippen LogP contribution in [-0.4, -0.2) is 0 Å². The normalized spacial score (nSPS) is 10.8. The van der Waals surface area contributed by atoms with Crippen molar-refractivity contribution in [3.8, 4) is 0 Å². The molecule has 29 heavy (non-hydrogen) atoms. The minimum atomic E-state index is 1.28. The zero-order chi connectivity index (χ0) is 19.5. The summed E-state index contributed by atoms with van der Waals surface area (Å²) in [6, 6.07) is 21.8. The third kappa shape index (κ3) is 4.29. The van der Waals surface area contributed by atoms with Gasteiger partial charge < -0.3 is 0 Å². The largest absolute Gasteiger partial charge is 0.144 e. The van der Waals surface area contributed by atoms with Gasteiger partial charge in [0, 0.05) is 40.4 Å². The molecule has 0 saturated carbocycles. The fraction of sp³-hybridized carbons (Fsp3) is 0. The van der Waals surface area contributed by atoms with Gasteiger partial charge in [-0.25, -0.2) is 0 Å². The van der Waals surface area contributed by atoms with E-state index in [4.69, 9.17) is 0 Å². The minimum absolute atomic E-state index is 1.28. The van der Waals surface area contributed by atoms with Crippen LogP contribution in [0.3, 0.4) is 0 Å². The third-order valence-electron chi connectivity index (χ3n) is 4.37. The highest BCUT2D eigenvalue weighted by Gasteiger charge is 2.10. The zero-order valence-corrected chi connectivity index (χ0v) is 19.4. The highest BCUT2D eigenvalue weighted by atomic mass is 32.1. The fourth-order valence-corrected chi connectivity index (χ4v) is 7.12. The third-order valence-corrected chi connectivity index (χ3v) is 8.96. The van der Waals surface area contributed by atoms with Gasteiger partial charge in [-0.05, 0) is 70.1 Å². The second kappa shape index (κ2) is 8.78. The molecule has 5 aromatic rings. The van der Waals surface area contributed by atoms with Crippen molar-refractivity contribution < 1.29 is 0 Å². The van der Waals surface area contributed by atoms with E-state index >= 15 is 0 Å². The molecule has 5 heterocycles. The molecule has 5 aromatic heterocycles. The summed E-state index contributed by atoms with van der Waals surface area (Å²) in [4.78, 5) is 7.83. The minimum Gasteiger partial charge on any atom is -0.144 e. The van der Waals surface area contributed by atoms with E-state index < -0.39 is 0 Å². The van der Waals surface area contributed by atoms with Gasteiger partial charge in [-0.15, -0.1) is 56.7 Å². The number of rotatable bonds is 6. The molecule has 0 bridgehead atoms. The fourth-order valence-electron chi connectivity index (χ4n) is 3.06. The quantitative estimate of drug-likeness (QED) is 0.235. The first-order chi connectivity index (χ1) is 14.4. The monoisotopic (exact) mass is 464 g/mol. The molecule has 0 atom stereocenters. The van der Waals surface area contributed by atoms with E-state index in [1.54, 1.807) is 45.3 Å². The Bertz CT molecular complexity index is 1040. The SMILES string of the molecule is C(=C(c1cccs1)c1cccs1)c1ccc(C=C(c2cccs2)c2cccs2)s1. The van der Waals surface area contributed by atoms with Gasteiger partial charge in [-0.2, -0.15) is 0 Å². The van der Waals surface area contributed by atoms with E-state index in [0.29, 0.717) is 0 Å². The lowest BCUT2D eigenvalue weighted by Crippen LogP contribution is -1.79. The van der Waals surface area contributed by atoms with E-state index in [2.05, 4.69) is 94.3 Å². The van der Waals surface area contributed by atoms with Crippen molar-refractivity contribution in [3.63, 3.8) is 0 Å². The van der Waals surface area contributed by atoms with Crippen molar-refractivity contribution in [3.05, 3.63) is 111 Å². The Balaban J connectivity index is 1.53. The van der Waals surface area contributed by atoms with Gasteiger partial charge in [0.2, 0.25) is 0 Å². The molecule has 0 aliphatic carbocycles. The van der Waals surface area contributed by atoms with E-state index in [-0.39, 0.29) is 0 Å². The van der Waals surface area contributed by atoms with Crippen molar-refractivity contribution in [1.82, 2.24) is 0 Å². The van der Waals surface area contributed by atoms with Crippen LogP contribution in [0.1, 0.15) is 29.3 Å². The second-order valence-electron chi connectivity index (χ2n) is 6.27. The average molecular weight is 465 g/mol. The van der Waals surface area contributed by atoms with Gasteiger partial charge in [0.15, 0.2) is 0 Å². The summed E-state index contributed by atoms with van der Waals surface area (Å²) in [7, 11) is 0. The first-order valence-corrected chi connectivity index (χ1v) is 13.4. The molecule has 0 aromatic carbocycles. The van der Waals surface area contributed by atoms with Crippen molar-refractivity contribution in [2.75, 3.05) is 0 Å². The van der Waals surface area contributed by atoms with Crippen LogP contribution in [-0.2, 0) is 0 Å². The van der Waals surface area contributed by atoms with Crippen molar-refractivity contribution in [1.29, 1.82) is 0 Å².